The zero-order valence-electron chi connectivity index (χ0n) is 15.2. The van der Waals surface area contributed by atoms with Crippen LogP contribution >= 0.6 is 0 Å². The smallest absolute Gasteiger partial charge is 0.321 e. The van der Waals surface area contributed by atoms with E-state index in [1.165, 1.54) is 19.4 Å². The lowest BCUT2D eigenvalue weighted by atomic mass is 9.92. The van der Waals surface area contributed by atoms with Crippen molar-refractivity contribution in [3.8, 4) is 0 Å². The number of nitrogens with zero attached hydrogens (tertiary/aromatic N) is 3. The van der Waals surface area contributed by atoms with E-state index in [1.54, 1.807) is 12.4 Å². The summed E-state index contributed by atoms with van der Waals surface area (Å²) in [5, 5.41) is 2.96. The fourth-order valence-corrected chi connectivity index (χ4v) is 3.68. The highest BCUT2D eigenvalue weighted by Gasteiger charge is 2.23. The molecule has 0 bridgehead atoms. The third kappa shape index (κ3) is 5.68. The first-order chi connectivity index (χ1) is 12.2. The van der Waals surface area contributed by atoms with Gasteiger partial charge in [-0.2, -0.15) is 0 Å². The predicted octanol–water partition coefficient (Wildman–Crippen LogP) is 2.75. The van der Waals surface area contributed by atoms with E-state index in [-0.39, 0.29) is 6.03 Å². The molecule has 0 saturated carbocycles. The van der Waals surface area contributed by atoms with Gasteiger partial charge in [0, 0.05) is 32.4 Å². The summed E-state index contributed by atoms with van der Waals surface area (Å²) in [6.45, 7) is 8.78. The number of urea groups is 1. The second-order valence-electron chi connectivity index (χ2n) is 7.21. The number of piperidine rings is 1. The number of likely N-dealkylation sites (tertiary alicyclic amines) is 1. The first kappa shape index (κ1) is 18.1. The Morgan fingerprint density at radius 1 is 1.24 bits per heavy atom. The zero-order chi connectivity index (χ0) is 17.5. The third-order valence-corrected chi connectivity index (χ3v) is 5.22. The van der Waals surface area contributed by atoms with Crippen molar-refractivity contribution in [3.63, 3.8) is 0 Å². The highest BCUT2D eigenvalue weighted by atomic mass is 16.5. The number of morpholine rings is 1. The summed E-state index contributed by atoms with van der Waals surface area (Å²) in [5.74, 6) is 0.755. The highest BCUT2D eigenvalue weighted by Crippen LogP contribution is 2.23. The van der Waals surface area contributed by atoms with Gasteiger partial charge in [-0.3, -0.25) is 9.88 Å². The van der Waals surface area contributed by atoms with Gasteiger partial charge in [0.15, 0.2) is 0 Å². The Bertz CT molecular complexity index is 552. The number of nitrogens with one attached hydrogen (secondary N) is 1. The normalized spacial score (nSPS) is 19.8. The average molecular weight is 346 g/mol. The summed E-state index contributed by atoms with van der Waals surface area (Å²) in [7, 11) is 0. The number of ether oxygens (including phenoxy) is 1. The van der Waals surface area contributed by atoms with Crippen LogP contribution in [0.4, 0.5) is 10.5 Å². The van der Waals surface area contributed by atoms with E-state index in [1.807, 2.05) is 17.9 Å². The molecule has 0 radical (unpaired) electrons. The molecule has 1 aromatic rings. The molecule has 0 aliphatic carbocycles. The molecule has 25 heavy (non-hydrogen) atoms. The van der Waals surface area contributed by atoms with Crippen molar-refractivity contribution in [2.45, 2.75) is 32.6 Å². The molecular formula is C19H30N4O2. The average Bonchev–Trinajstić information content (AvgIpc) is 2.63. The number of carbonyl (C=O) groups excluding carboxylic acids is 1. The molecule has 2 fully saturated rings. The van der Waals surface area contributed by atoms with Gasteiger partial charge < -0.3 is 15.0 Å². The van der Waals surface area contributed by atoms with E-state index in [2.05, 4.69) is 15.2 Å². The summed E-state index contributed by atoms with van der Waals surface area (Å²) in [6, 6.07) is 1.95. The van der Waals surface area contributed by atoms with Crippen LogP contribution in [0.25, 0.3) is 0 Å². The Hall–Kier alpha value is -1.66. The van der Waals surface area contributed by atoms with E-state index in [0.29, 0.717) is 0 Å². The Labute approximate surface area is 150 Å². The number of hydrogen-bond acceptors (Lipinski definition) is 4. The molecule has 2 saturated heterocycles. The molecule has 138 valence electrons. The number of anilines is 1. The molecular weight excluding hydrogens is 316 g/mol. The SMILES string of the molecule is Cc1cncc(NC(=O)N2CCC(CCCN3CCOCC3)CC2)c1. The lowest BCUT2D eigenvalue weighted by Gasteiger charge is -2.32. The number of aryl methyl sites for hydroxylation is 1. The Balaban J connectivity index is 1.34. The second-order valence-corrected chi connectivity index (χ2v) is 7.21. The minimum Gasteiger partial charge on any atom is -0.379 e. The van der Waals surface area contributed by atoms with E-state index >= 15 is 0 Å². The quantitative estimate of drug-likeness (QED) is 0.891. The molecule has 0 spiro atoms. The summed E-state index contributed by atoms with van der Waals surface area (Å²) in [5.41, 5.74) is 1.83. The highest BCUT2D eigenvalue weighted by molar-refractivity contribution is 5.89. The fourth-order valence-electron chi connectivity index (χ4n) is 3.68. The Morgan fingerprint density at radius 2 is 2.00 bits per heavy atom. The minimum absolute atomic E-state index is 0.000772. The van der Waals surface area contributed by atoms with Crippen LogP contribution in [0.2, 0.25) is 0 Å². The van der Waals surface area contributed by atoms with Gasteiger partial charge in [0.05, 0.1) is 25.1 Å². The van der Waals surface area contributed by atoms with E-state index in [0.717, 1.165) is 69.4 Å². The second kappa shape index (κ2) is 9.15. The summed E-state index contributed by atoms with van der Waals surface area (Å²) in [4.78, 5) is 20.9. The van der Waals surface area contributed by atoms with Crippen molar-refractivity contribution in [1.29, 1.82) is 0 Å². The monoisotopic (exact) mass is 346 g/mol. The van der Waals surface area contributed by atoms with Crippen molar-refractivity contribution < 1.29 is 9.53 Å². The molecule has 0 atom stereocenters. The molecule has 0 aromatic carbocycles. The van der Waals surface area contributed by atoms with Gasteiger partial charge in [-0.05, 0) is 56.7 Å². The fraction of sp³-hybridized carbons (Fsp3) is 0.684. The number of amides is 2. The Morgan fingerprint density at radius 3 is 2.72 bits per heavy atom. The maximum Gasteiger partial charge on any atom is 0.321 e. The van der Waals surface area contributed by atoms with E-state index in [9.17, 15) is 4.79 Å². The van der Waals surface area contributed by atoms with Crippen molar-refractivity contribution in [2.75, 3.05) is 51.3 Å². The molecule has 3 rings (SSSR count). The van der Waals surface area contributed by atoms with E-state index in [4.69, 9.17) is 4.74 Å². The van der Waals surface area contributed by atoms with Crippen molar-refractivity contribution in [2.24, 2.45) is 5.92 Å². The van der Waals surface area contributed by atoms with Crippen LogP contribution in [-0.2, 0) is 4.74 Å². The standard InChI is InChI=1S/C19H30N4O2/c1-16-13-18(15-20-14-16)21-19(24)23-7-4-17(5-8-23)3-2-6-22-9-11-25-12-10-22/h13-15,17H,2-12H2,1H3,(H,21,24). The van der Waals surface area contributed by atoms with E-state index < -0.39 is 0 Å². The van der Waals surface area contributed by atoms with Gasteiger partial charge in [0.25, 0.3) is 0 Å². The molecule has 2 amide bonds. The first-order valence-corrected chi connectivity index (χ1v) is 9.48. The number of aromatic nitrogens is 1. The van der Waals surface area contributed by atoms with Crippen LogP contribution in [0.3, 0.4) is 0 Å². The van der Waals surface area contributed by atoms with Crippen molar-refractivity contribution in [1.82, 2.24) is 14.8 Å². The number of hydrogen-bond donors (Lipinski definition) is 1. The molecule has 1 N–H and O–H groups in total. The molecule has 6 nitrogen and oxygen atoms in total. The van der Waals surface area contributed by atoms with Gasteiger partial charge in [-0.25, -0.2) is 4.79 Å². The van der Waals surface area contributed by atoms with Crippen LogP contribution in [0, 0.1) is 12.8 Å². The maximum atomic E-state index is 12.4. The molecule has 2 aliphatic heterocycles. The van der Waals surface area contributed by atoms with Crippen molar-refractivity contribution in [3.05, 3.63) is 24.0 Å². The molecule has 6 heteroatoms. The van der Waals surface area contributed by atoms with Gasteiger partial charge in [-0.15, -0.1) is 0 Å². The number of rotatable bonds is 5. The summed E-state index contributed by atoms with van der Waals surface area (Å²) < 4.78 is 5.39. The maximum absolute atomic E-state index is 12.4. The number of pyridine rings is 1. The largest absolute Gasteiger partial charge is 0.379 e. The lowest BCUT2D eigenvalue weighted by Crippen LogP contribution is -2.41. The first-order valence-electron chi connectivity index (χ1n) is 9.48. The van der Waals surface area contributed by atoms with Gasteiger partial charge in [0.2, 0.25) is 0 Å². The van der Waals surface area contributed by atoms with Crippen molar-refractivity contribution >= 4 is 11.7 Å². The Kier molecular flexibility index (Phi) is 6.64. The minimum atomic E-state index is -0.000772. The van der Waals surface area contributed by atoms with Crippen LogP contribution in [0.5, 0.6) is 0 Å². The van der Waals surface area contributed by atoms with Crippen LogP contribution < -0.4 is 5.32 Å². The molecule has 1 aromatic heterocycles. The summed E-state index contributed by atoms with van der Waals surface area (Å²) >= 11 is 0. The topological polar surface area (TPSA) is 57.7 Å². The lowest BCUT2D eigenvalue weighted by molar-refractivity contribution is 0.0363. The van der Waals surface area contributed by atoms with Crippen LogP contribution in [0.1, 0.15) is 31.2 Å². The molecule has 3 heterocycles. The summed E-state index contributed by atoms with van der Waals surface area (Å²) in [6.07, 6.45) is 8.24. The molecule has 0 unspecified atom stereocenters. The van der Waals surface area contributed by atoms with Gasteiger partial charge in [-0.1, -0.05) is 0 Å². The van der Waals surface area contributed by atoms with Crippen LogP contribution in [-0.4, -0.2) is 66.8 Å². The number of carbonyl (C=O) groups is 1. The third-order valence-electron chi connectivity index (χ3n) is 5.22. The predicted molar refractivity (Wildman–Crippen MR) is 98.8 cm³/mol. The van der Waals surface area contributed by atoms with Gasteiger partial charge >= 0.3 is 6.03 Å². The zero-order valence-corrected chi connectivity index (χ0v) is 15.2. The van der Waals surface area contributed by atoms with Crippen LogP contribution in [0.15, 0.2) is 18.5 Å². The van der Waals surface area contributed by atoms with Gasteiger partial charge in [0.1, 0.15) is 0 Å². The molecule has 2 aliphatic rings.